The first kappa shape index (κ1) is 21.8. The maximum Gasteiger partial charge on any atom is 0.0884 e. The second-order valence-corrected chi connectivity index (χ2v) is 3.09. The lowest BCUT2D eigenvalue weighted by molar-refractivity contribution is 0.292. The summed E-state index contributed by atoms with van der Waals surface area (Å²) >= 11 is 0. The highest BCUT2D eigenvalue weighted by molar-refractivity contribution is 5.27. The molecule has 1 nitrogen and oxygen atoms in total. The maximum absolute atomic E-state index is 4.85. The maximum atomic E-state index is 4.85. The van der Waals surface area contributed by atoms with Gasteiger partial charge in [-0.25, -0.2) is 0 Å². The van der Waals surface area contributed by atoms with Gasteiger partial charge < -0.3 is 4.74 Å². The molecular formula is C17H30O. The number of hydrogen-bond acceptors (Lipinski definition) is 1. The first-order valence-electron chi connectivity index (χ1n) is 6.43. The largest absolute Gasteiger partial charge is 0.502 e. The van der Waals surface area contributed by atoms with Crippen molar-refractivity contribution in [3.8, 4) is 0 Å². The van der Waals surface area contributed by atoms with Gasteiger partial charge >= 0.3 is 0 Å². The van der Waals surface area contributed by atoms with Crippen molar-refractivity contribution in [1.82, 2.24) is 0 Å². The van der Waals surface area contributed by atoms with E-state index in [0.717, 1.165) is 17.8 Å². The Bertz CT molecular complexity index is 267. The quantitative estimate of drug-likeness (QED) is 0.440. The van der Waals surface area contributed by atoms with Crippen LogP contribution in [0.5, 0.6) is 0 Å². The van der Waals surface area contributed by atoms with Gasteiger partial charge in [0.25, 0.3) is 0 Å². The van der Waals surface area contributed by atoms with Crippen LogP contribution >= 0.6 is 0 Å². The van der Waals surface area contributed by atoms with E-state index in [1.54, 1.807) is 13.2 Å². The highest BCUT2D eigenvalue weighted by atomic mass is 16.5. The fraction of sp³-hybridized carbons (Fsp3) is 0.412. The minimum atomic E-state index is 0.938. The van der Waals surface area contributed by atoms with Crippen molar-refractivity contribution < 1.29 is 4.74 Å². The highest BCUT2D eigenvalue weighted by Crippen LogP contribution is 1.92. The Morgan fingerprint density at radius 1 is 1.22 bits per heavy atom. The molecule has 0 radical (unpaired) electrons. The first-order valence-corrected chi connectivity index (χ1v) is 6.43. The summed E-state index contributed by atoms with van der Waals surface area (Å²) in [7, 11) is 1.68. The highest BCUT2D eigenvalue weighted by Gasteiger charge is 1.76. The molecule has 0 aromatic rings. The smallest absolute Gasteiger partial charge is 0.0884 e. The number of ether oxygens (including phenoxy) is 1. The molecule has 104 valence electrons. The summed E-state index contributed by atoms with van der Waals surface area (Å²) in [4.78, 5) is 0. The summed E-state index contributed by atoms with van der Waals surface area (Å²) in [5.41, 5.74) is 0.938. The van der Waals surface area contributed by atoms with Gasteiger partial charge in [0, 0.05) is 0 Å². The minimum absolute atomic E-state index is 0.938. The van der Waals surface area contributed by atoms with Crippen LogP contribution in [-0.2, 0) is 4.74 Å². The van der Waals surface area contributed by atoms with Crippen LogP contribution in [0.4, 0.5) is 0 Å². The average molecular weight is 250 g/mol. The molecule has 0 fully saturated rings. The van der Waals surface area contributed by atoms with Gasteiger partial charge in [-0.1, -0.05) is 64.3 Å². The number of rotatable bonds is 5. The molecule has 0 aliphatic carbocycles. The number of methoxy groups -OCH3 is 1. The Kier molecular flexibility index (Phi) is 25.2. The molecule has 0 spiro atoms. The monoisotopic (exact) mass is 250 g/mol. The van der Waals surface area contributed by atoms with Crippen molar-refractivity contribution >= 4 is 0 Å². The third-order valence-corrected chi connectivity index (χ3v) is 1.69. The average Bonchev–Trinajstić information content (AvgIpc) is 2.42. The molecule has 0 aliphatic rings. The van der Waals surface area contributed by atoms with E-state index >= 15 is 0 Å². The van der Waals surface area contributed by atoms with Gasteiger partial charge in [-0.2, -0.15) is 0 Å². The fourth-order valence-corrected chi connectivity index (χ4v) is 0.729. The molecule has 0 atom stereocenters. The van der Waals surface area contributed by atoms with E-state index in [9.17, 15) is 0 Å². The van der Waals surface area contributed by atoms with Gasteiger partial charge in [0.05, 0.1) is 12.9 Å². The molecule has 0 aromatic carbocycles. The SMILES string of the molecule is C=CC(=C)/C=C/C=C/C.CC.CCC=C(C)OC. The molecule has 0 bridgehead atoms. The van der Waals surface area contributed by atoms with Gasteiger partial charge in [0.15, 0.2) is 0 Å². The summed E-state index contributed by atoms with van der Waals surface area (Å²) in [5, 5.41) is 0. The predicted molar refractivity (Wildman–Crippen MR) is 85.7 cm³/mol. The van der Waals surface area contributed by atoms with Crippen molar-refractivity contribution in [1.29, 1.82) is 0 Å². The Hall–Kier alpha value is -1.50. The molecule has 0 rings (SSSR count). The van der Waals surface area contributed by atoms with Gasteiger partial charge in [-0.05, 0) is 31.9 Å². The first-order chi connectivity index (χ1) is 8.62. The van der Waals surface area contributed by atoms with Crippen LogP contribution in [0.25, 0.3) is 0 Å². The predicted octanol–water partition coefficient (Wildman–Crippen LogP) is 5.83. The number of hydrogen-bond donors (Lipinski definition) is 0. The Labute approximate surface area is 114 Å². The molecule has 0 heterocycles. The summed E-state index contributed by atoms with van der Waals surface area (Å²) in [6, 6.07) is 0. The van der Waals surface area contributed by atoms with E-state index in [1.165, 1.54) is 0 Å². The molecule has 0 aliphatic heterocycles. The molecule has 18 heavy (non-hydrogen) atoms. The molecule has 1 heteroatoms. The lowest BCUT2D eigenvalue weighted by Gasteiger charge is -1.93. The van der Waals surface area contributed by atoms with Crippen molar-refractivity contribution in [3.63, 3.8) is 0 Å². The van der Waals surface area contributed by atoms with Crippen molar-refractivity contribution in [2.45, 2.75) is 41.0 Å². The van der Waals surface area contributed by atoms with Crippen LogP contribution in [0.15, 0.2) is 60.9 Å². The summed E-state index contributed by atoms with van der Waals surface area (Å²) in [6.07, 6.45) is 12.6. The van der Waals surface area contributed by atoms with Crippen LogP contribution < -0.4 is 0 Å². The standard InChI is InChI=1S/C9H12.C6H12O.C2H6/c1-4-6-7-8-9(3)5-2;1-4-5-6(2)7-3;1-2/h4-8H,2-3H2,1H3;5H,4H2,1-3H3;1-2H3/b6-4+,8-7+;;. The summed E-state index contributed by atoms with van der Waals surface area (Å²) < 4.78 is 4.85. The molecule has 0 N–H and O–H groups in total. The van der Waals surface area contributed by atoms with Gasteiger partial charge in [-0.3, -0.25) is 0 Å². The minimum Gasteiger partial charge on any atom is -0.502 e. The lowest BCUT2D eigenvalue weighted by atomic mass is 10.3. The van der Waals surface area contributed by atoms with Crippen molar-refractivity contribution in [2.24, 2.45) is 0 Å². The molecule has 0 aromatic heterocycles. The van der Waals surface area contributed by atoms with Crippen LogP contribution in [0.1, 0.15) is 41.0 Å². The number of allylic oxidation sites excluding steroid dienone is 8. The zero-order valence-electron chi connectivity index (χ0n) is 13.0. The summed E-state index contributed by atoms with van der Waals surface area (Å²) in [6.45, 7) is 17.3. The fourth-order valence-electron chi connectivity index (χ4n) is 0.729. The van der Waals surface area contributed by atoms with Gasteiger partial charge in [0.2, 0.25) is 0 Å². The van der Waals surface area contributed by atoms with Crippen molar-refractivity contribution in [2.75, 3.05) is 7.11 Å². The van der Waals surface area contributed by atoms with E-state index < -0.39 is 0 Å². The van der Waals surface area contributed by atoms with Gasteiger partial charge in [0.1, 0.15) is 0 Å². The van der Waals surface area contributed by atoms with Crippen LogP contribution in [0, 0.1) is 0 Å². The lowest BCUT2D eigenvalue weighted by Crippen LogP contribution is -1.75. The topological polar surface area (TPSA) is 9.23 Å². The molecule has 0 saturated carbocycles. The van der Waals surface area contributed by atoms with Crippen molar-refractivity contribution in [3.05, 3.63) is 60.9 Å². The molecular weight excluding hydrogens is 220 g/mol. The molecule has 0 saturated heterocycles. The Morgan fingerprint density at radius 3 is 2.06 bits per heavy atom. The Balaban J connectivity index is -0.000000225. The van der Waals surface area contributed by atoms with E-state index in [0.29, 0.717) is 0 Å². The van der Waals surface area contributed by atoms with Gasteiger partial charge in [-0.15, -0.1) is 0 Å². The second kappa shape index (κ2) is 20.9. The third-order valence-electron chi connectivity index (χ3n) is 1.69. The van der Waals surface area contributed by atoms with Crippen LogP contribution in [-0.4, -0.2) is 7.11 Å². The normalized spacial score (nSPS) is 10.2. The Morgan fingerprint density at radius 2 is 1.78 bits per heavy atom. The second-order valence-electron chi connectivity index (χ2n) is 3.09. The third kappa shape index (κ3) is 24.0. The van der Waals surface area contributed by atoms with E-state index in [2.05, 4.69) is 20.1 Å². The van der Waals surface area contributed by atoms with E-state index in [4.69, 9.17) is 4.74 Å². The summed E-state index contributed by atoms with van der Waals surface area (Å²) in [5.74, 6) is 1.00. The zero-order chi connectivity index (χ0) is 14.8. The van der Waals surface area contributed by atoms with E-state index in [1.807, 2.05) is 58.1 Å². The zero-order valence-corrected chi connectivity index (χ0v) is 13.0. The van der Waals surface area contributed by atoms with Crippen LogP contribution in [0.3, 0.4) is 0 Å². The molecule has 0 unspecified atom stereocenters. The van der Waals surface area contributed by atoms with E-state index in [-0.39, 0.29) is 0 Å². The molecule has 0 amide bonds. The van der Waals surface area contributed by atoms with Crippen LogP contribution in [0.2, 0.25) is 0 Å².